The van der Waals surface area contributed by atoms with Crippen LogP contribution in [0.1, 0.15) is 38.0 Å². The fourth-order valence-corrected chi connectivity index (χ4v) is 4.22. The van der Waals surface area contributed by atoms with Crippen LogP contribution in [0.3, 0.4) is 0 Å². The molecule has 9 heteroatoms. The second kappa shape index (κ2) is 13.3. The maximum absolute atomic E-state index is 13.0. The van der Waals surface area contributed by atoms with Gasteiger partial charge in [-0.15, -0.1) is 0 Å². The van der Waals surface area contributed by atoms with E-state index in [0.717, 1.165) is 11.4 Å². The zero-order valence-corrected chi connectivity index (χ0v) is 24.0. The number of hydrogen-bond donors (Lipinski definition) is 4. The van der Waals surface area contributed by atoms with E-state index in [1.165, 1.54) is 31.2 Å². The molecule has 4 N–H and O–H groups in total. The summed E-state index contributed by atoms with van der Waals surface area (Å²) in [6.07, 6.45) is 0. The SMILES string of the molecule is CNc1ccc(Oc2ccc(Oc3ccc(NC(=O)c4cc(NC(=O)c5cccc(C(C)=O)c5)ccc4O)cc3)cc2)cc1. The van der Waals surface area contributed by atoms with Gasteiger partial charge in [0, 0.05) is 35.2 Å². The Hall–Kier alpha value is -6.09. The highest BCUT2D eigenvalue weighted by atomic mass is 16.5. The summed E-state index contributed by atoms with van der Waals surface area (Å²) in [5.41, 5.74) is 2.45. The number of nitrogens with one attached hydrogen (secondary N) is 3. The topological polar surface area (TPSA) is 126 Å². The van der Waals surface area contributed by atoms with Crippen LogP contribution < -0.4 is 25.4 Å². The molecule has 5 aromatic carbocycles. The Kier molecular flexibility index (Phi) is 8.86. The molecular formula is C35H29N3O6. The van der Waals surface area contributed by atoms with Crippen molar-refractivity contribution in [2.45, 2.75) is 6.92 Å². The third-order valence-corrected chi connectivity index (χ3v) is 6.58. The van der Waals surface area contributed by atoms with Gasteiger partial charge in [0.05, 0.1) is 5.56 Å². The molecule has 0 heterocycles. The van der Waals surface area contributed by atoms with Crippen LogP contribution in [-0.2, 0) is 0 Å². The lowest BCUT2D eigenvalue weighted by Gasteiger charge is -2.11. The molecule has 5 aromatic rings. The summed E-state index contributed by atoms with van der Waals surface area (Å²) in [5, 5.41) is 18.8. The monoisotopic (exact) mass is 587 g/mol. The van der Waals surface area contributed by atoms with Crippen molar-refractivity contribution in [3.05, 3.63) is 132 Å². The summed E-state index contributed by atoms with van der Waals surface area (Å²) < 4.78 is 11.8. The summed E-state index contributed by atoms with van der Waals surface area (Å²) in [4.78, 5) is 37.3. The number of rotatable bonds is 10. The van der Waals surface area contributed by atoms with Crippen molar-refractivity contribution in [2.24, 2.45) is 0 Å². The first-order valence-corrected chi connectivity index (χ1v) is 13.7. The predicted molar refractivity (Wildman–Crippen MR) is 169 cm³/mol. The van der Waals surface area contributed by atoms with Gasteiger partial charge < -0.3 is 30.5 Å². The number of anilines is 3. The Morgan fingerprint density at radius 3 is 1.59 bits per heavy atom. The van der Waals surface area contributed by atoms with E-state index in [4.69, 9.17) is 9.47 Å². The summed E-state index contributed by atoms with van der Waals surface area (Å²) in [6.45, 7) is 1.42. The highest BCUT2D eigenvalue weighted by Crippen LogP contribution is 2.29. The molecule has 5 rings (SSSR count). The highest BCUT2D eigenvalue weighted by molar-refractivity contribution is 6.09. The molecule has 2 amide bonds. The van der Waals surface area contributed by atoms with Gasteiger partial charge in [0.2, 0.25) is 0 Å². The normalized spacial score (nSPS) is 10.4. The van der Waals surface area contributed by atoms with Crippen LogP contribution in [0.5, 0.6) is 28.7 Å². The molecule has 0 saturated heterocycles. The van der Waals surface area contributed by atoms with Crippen molar-refractivity contribution >= 4 is 34.7 Å². The Morgan fingerprint density at radius 2 is 1.05 bits per heavy atom. The van der Waals surface area contributed by atoms with Gasteiger partial charge in [-0.05, 0) is 110 Å². The van der Waals surface area contributed by atoms with Gasteiger partial charge in [0.15, 0.2) is 5.78 Å². The van der Waals surface area contributed by atoms with Crippen molar-refractivity contribution in [1.82, 2.24) is 0 Å². The highest BCUT2D eigenvalue weighted by Gasteiger charge is 2.15. The minimum absolute atomic E-state index is 0.0269. The summed E-state index contributed by atoms with van der Waals surface area (Å²) in [7, 11) is 1.86. The van der Waals surface area contributed by atoms with E-state index in [0.29, 0.717) is 39.8 Å². The summed E-state index contributed by atoms with van der Waals surface area (Å²) in [5.74, 6) is 1.12. The van der Waals surface area contributed by atoms with Gasteiger partial charge in [-0.2, -0.15) is 0 Å². The molecule has 0 bridgehead atoms. The number of hydrogen-bond acceptors (Lipinski definition) is 7. The maximum Gasteiger partial charge on any atom is 0.259 e. The van der Waals surface area contributed by atoms with E-state index in [1.54, 1.807) is 54.6 Å². The lowest BCUT2D eigenvalue weighted by atomic mass is 10.1. The quantitative estimate of drug-likeness (QED) is 0.0973. The first kappa shape index (κ1) is 29.4. The molecule has 0 aromatic heterocycles. The molecule has 9 nitrogen and oxygen atoms in total. The summed E-state index contributed by atoms with van der Waals surface area (Å²) in [6, 6.07) is 32.1. The third kappa shape index (κ3) is 7.40. The molecule has 0 unspecified atom stereocenters. The van der Waals surface area contributed by atoms with E-state index in [-0.39, 0.29) is 17.1 Å². The Balaban J connectivity index is 1.18. The van der Waals surface area contributed by atoms with Crippen molar-refractivity contribution in [2.75, 3.05) is 23.0 Å². The number of aromatic hydroxyl groups is 1. The van der Waals surface area contributed by atoms with Crippen LogP contribution in [-0.4, -0.2) is 29.8 Å². The van der Waals surface area contributed by atoms with Gasteiger partial charge >= 0.3 is 0 Å². The molecule has 0 atom stereocenters. The maximum atomic E-state index is 13.0. The minimum Gasteiger partial charge on any atom is -0.507 e. The average molecular weight is 588 g/mol. The standard InChI is InChI=1S/C35H29N3O6/c1-22(39)23-4-3-5-24(20-23)34(41)38-27-10-19-33(40)32(21-27)35(42)37-26-8-13-29(14-9-26)44-31-17-15-30(16-18-31)43-28-11-6-25(36-2)7-12-28/h3-21,36,40H,1-2H3,(H,37,42)(H,38,41). The van der Waals surface area contributed by atoms with E-state index < -0.39 is 11.8 Å². The van der Waals surface area contributed by atoms with Crippen LogP contribution in [0.15, 0.2) is 115 Å². The molecular weight excluding hydrogens is 558 g/mol. The van der Waals surface area contributed by atoms with Crippen LogP contribution in [0.2, 0.25) is 0 Å². The number of phenolic OH excluding ortho intramolecular Hbond substituents is 1. The second-order valence-electron chi connectivity index (χ2n) is 9.75. The molecule has 0 spiro atoms. The second-order valence-corrected chi connectivity index (χ2v) is 9.75. The molecule has 0 aliphatic rings. The lowest BCUT2D eigenvalue weighted by Crippen LogP contribution is -2.15. The summed E-state index contributed by atoms with van der Waals surface area (Å²) >= 11 is 0. The Bertz CT molecular complexity index is 1800. The van der Waals surface area contributed by atoms with Gasteiger partial charge in [-0.25, -0.2) is 0 Å². The number of amides is 2. The van der Waals surface area contributed by atoms with Gasteiger partial charge in [-0.3, -0.25) is 14.4 Å². The van der Waals surface area contributed by atoms with Crippen LogP contribution >= 0.6 is 0 Å². The minimum atomic E-state index is -0.568. The van der Waals surface area contributed by atoms with E-state index >= 15 is 0 Å². The average Bonchev–Trinajstić information content (AvgIpc) is 3.04. The smallest absolute Gasteiger partial charge is 0.259 e. The third-order valence-electron chi connectivity index (χ3n) is 6.58. The Labute approximate surface area is 254 Å². The van der Waals surface area contributed by atoms with Crippen molar-refractivity contribution < 1.29 is 29.0 Å². The molecule has 44 heavy (non-hydrogen) atoms. The van der Waals surface area contributed by atoms with Gasteiger partial charge in [0.25, 0.3) is 11.8 Å². The van der Waals surface area contributed by atoms with Crippen LogP contribution in [0, 0.1) is 0 Å². The van der Waals surface area contributed by atoms with Crippen molar-refractivity contribution in [1.29, 1.82) is 0 Å². The number of benzene rings is 5. The molecule has 220 valence electrons. The van der Waals surface area contributed by atoms with E-state index in [2.05, 4.69) is 16.0 Å². The number of phenols is 1. The van der Waals surface area contributed by atoms with E-state index in [9.17, 15) is 19.5 Å². The predicted octanol–water partition coefficient (Wildman–Crippen LogP) is 7.73. The molecule has 0 fully saturated rings. The fraction of sp³-hybridized carbons (Fsp3) is 0.0571. The Morgan fingerprint density at radius 1 is 0.568 bits per heavy atom. The van der Waals surface area contributed by atoms with Crippen molar-refractivity contribution in [3.8, 4) is 28.7 Å². The number of carbonyl (C=O) groups is 3. The molecule has 0 radical (unpaired) electrons. The van der Waals surface area contributed by atoms with Crippen LogP contribution in [0.25, 0.3) is 0 Å². The zero-order valence-electron chi connectivity index (χ0n) is 24.0. The number of carbonyl (C=O) groups excluding carboxylic acids is 3. The first-order chi connectivity index (χ1) is 21.3. The van der Waals surface area contributed by atoms with Gasteiger partial charge in [0.1, 0.15) is 28.7 Å². The number of ether oxygens (including phenoxy) is 2. The van der Waals surface area contributed by atoms with E-state index in [1.807, 2.05) is 43.4 Å². The first-order valence-electron chi connectivity index (χ1n) is 13.7. The molecule has 0 aliphatic carbocycles. The largest absolute Gasteiger partial charge is 0.507 e. The zero-order chi connectivity index (χ0) is 31.1. The number of Topliss-reactive ketones (excluding diaryl/α,β-unsaturated/α-hetero) is 1. The molecule has 0 aliphatic heterocycles. The van der Waals surface area contributed by atoms with Crippen molar-refractivity contribution in [3.63, 3.8) is 0 Å². The fourth-order valence-electron chi connectivity index (χ4n) is 4.22. The van der Waals surface area contributed by atoms with Crippen LogP contribution in [0.4, 0.5) is 17.1 Å². The van der Waals surface area contributed by atoms with Gasteiger partial charge in [-0.1, -0.05) is 12.1 Å². The number of ketones is 1. The lowest BCUT2D eigenvalue weighted by molar-refractivity contribution is 0.101. The molecule has 0 saturated carbocycles.